The molecule has 2 amide bonds. The molecule has 7 heteroatoms. The highest BCUT2D eigenvalue weighted by Crippen LogP contribution is 2.26. The SMILES string of the molecule is CN(C=O)C(=O)/C=C(\N(C)C)C(F)(F)F. The van der Waals surface area contributed by atoms with Crippen LogP contribution in [0.2, 0.25) is 0 Å². The minimum absolute atomic E-state index is 0.141. The summed E-state index contributed by atoms with van der Waals surface area (Å²) in [5.74, 6) is -1.02. The second-order valence-corrected chi connectivity index (χ2v) is 2.98. The van der Waals surface area contributed by atoms with Gasteiger partial charge in [-0.05, 0) is 0 Å². The molecule has 0 unspecified atom stereocenters. The van der Waals surface area contributed by atoms with Crippen molar-refractivity contribution in [2.24, 2.45) is 0 Å². The van der Waals surface area contributed by atoms with Gasteiger partial charge in [-0.3, -0.25) is 14.5 Å². The van der Waals surface area contributed by atoms with Gasteiger partial charge >= 0.3 is 6.18 Å². The van der Waals surface area contributed by atoms with Crippen LogP contribution in [0.3, 0.4) is 0 Å². The Balaban J connectivity index is 5.02. The molecule has 0 radical (unpaired) electrons. The Morgan fingerprint density at radius 1 is 1.20 bits per heavy atom. The lowest BCUT2D eigenvalue weighted by Gasteiger charge is -2.20. The molecule has 86 valence electrons. The molecule has 0 aromatic carbocycles. The van der Waals surface area contributed by atoms with Gasteiger partial charge in [-0.25, -0.2) is 0 Å². The van der Waals surface area contributed by atoms with E-state index < -0.39 is 17.8 Å². The smallest absolute Gasteiger partial charge is 0.373 e. The van der Waals surface area contributed by atoms with Crippen LogP contribution in [0.25, 0.3) is 0 Å². The van der Waals surface area contributed by atoms with E-state index in [0.717, 1.165) is 26.0 Å². The average Bonchev–Trinajstić information content (AvgIpc) is 2.09. The van der Waals surface area contributed by atoms with E-state index in [-0.39, 0.29) is 6.41 Å². The molecule has 0 saturated heterocycles. The molecule has 0 N–H and O–H groups in total. The number of hydrogen-bond donors (Lipinski definition) is 0. The first-order valence-electron chi connectivity index (χ1n) is 3.88. The van der Waals surface area contributed by atoms with Crippen molar-refractivity contribution >= 4 is 12.3 Å². The molecule has 0 aromatic rings. The number of hydrogen-bond acceptors (Lipinski definition) is 3. The van der Waals surface area contributed by atoms with E-state index in [2.05, 4.69) is 0 Å². The number of amides is 2. The zero-order valence-corrected chi connectivity index (χ0v) is 8.50. The molecule has 0 aliphatic carbocycles. The highest BCUT2D eigenvalue weighted by atomic mass is 19.4. The van der Waals surface area contributed by atoms with E-state index in [9.17, 15) is 22.8 Å². The summed E-state index contributed by atoms with van der Waals surface area (Å²) in [6, 6.07) is 0. The molecule has 4 nitrogen and oxygen atoms in total. The lowest BCUT2D eigenvalue weighted by atomic mass is 10.3. The third kappa shape index (κ3) is 4.01. The summed E-state index contributed by atoms with van der Waals surface area (Å²) in [6.45, 7) is 0. The fraction of sp³-hybridized carbons (Fsp3) is 0.500. The fourth-order valence-corrected chi connectivity index (χ4v) is 0.735. The van der Waals surface area contributed by atoms with Gasteiger partial charge in [-0.1, -0.05) is 0 Å². The molecule has 0 heterocycles. The molecule has 0 aromatic heterocycles. The van der Waals surface area contributed by atoms with Crippen LogP contribution in [0.15, 0.2) is 11.8 Å². The molecule has 0 spiro atoms. The van der Waals surface area contributed by atoms with Crippen molar-refractivity contribution < 1.29 is 22.8 Å². The van der Waals surface area contributed by atoms with Crippen LogP contribution in [-0.4, -0.2) is 49.4 Å². The maximum atomic E-state index is 12.3. The Morgan fingerprint density at radius 2 is 1.67 bits per heavy atom. The zero-order valence-electron chi connectivity index (χ0n) is 8.50. The molecule has 0 fully saturated rings. The summed E-state index contributed by atoms with van der Waals surface area (Å²) in [5, 5.41) is 0. The molecule has 15 heavy (non-hydrogen) atoms. The summed E-state index contributed by atoms with van der Waals surface area (Å²) in [7, 11) is 3.40. The Hall–Kier alpha value is -1.53. The summed E-state index contributed by atoms with van der Waals surface area (Å²) >= 11 is 0. The molecular formula is C8H11F3N2O2. The van der Waals surface area contributed by atoms with Crippen molar-refractivity contribution in [1.82, 2.24) is 9.80 Å². The highest BCUT2D eigenvalue weighted by molar-refractivity contribution is 5.94. The van der Waals surface area contributed by atoms with E-state index >= 15 is 0 Å². The summed E-state index contributed by atoms with van der Waals surface area (Å²) in [4.78, 5) is 22.4. The van der Waals surface area contributed by atoms with Crippen molar-refractivity contribution in [1.29, 1.82) is 0 Å². The average molecular weight is 224 g/mol. The van der Waals surface area contributed by atoms with Gasteiger partial charge in [0.15, 0.2) is 0 Å². The number of imide groups is 1. The van der Waals surface area contributed by atoms with E-state index in [0.29, 0.717) is 11.0 Å². The van der Waals surface area contributed by atoms with Crippen LogP contribution in [0.5, 0.6) is 0 Å². The van der Waals surface area contributed by atoms with Gasteiger partial charge < -0.3 is 4.90 Å². The Bertz CT molecular complexity index is 284. The third-order valence-corrected chi connectivity index (χ3v) is 1.54. The topological polar surface area (TPSA) is 40.6 Å². The number of halogens is 3. The van der Waals surface area contributed by atoms with Crippen LogP contribution in [0.4, 0.5) is 13.2 Å². The van der Waals surface area contributed by atoms with E-state index in [1.54, 1.807) is 0 Å². The van der Waals surface area contributed by atoms with Gasteiger partial charge in [0.05, 0.1) is 0 Å². The van der Waals surface area contributed by atoms with Crippen molar-refractivity contribution in [2.45, 2.75) is 6.18 Å². The van der Waals surface area contributed by atoms with Crippen molar-refractivity contribution in [3.05, 3.63) is 11.8 Å². The second kappa shape index (κ2) is 4.81. The minimum Gasteiger partial charge on any atom is -0.373 e. The van der Waals surface area contributed by atoms with Gasteiger partial charge in [0.1, 0.15) is 5.70 Å². The maximum absolute atomic E-state index is 12.3. The van der Waals surface area contributed by atoms with Gasteiger partial charge in [-0.15, -0.1) is 0 Å². The monoisotopic (exact) mass is 224 g/mol. The summed E-state index contributed by atoms with van der Waals surface area (Å²) in [5.41, 5.74) is -1.11. The lowest BCUT2D eigenvalue weighted by molar-refractivity contribution is -0.134. The van der Waals surface area contributed by atoms with Crippen molar-refractivity contribution in [2.75, 3.05) is 21.1 Å². The molecule has 0 bridgehead atoms. The van der Waals surface area contributed by atoms with Gasteiger partial charge in [0, 0.05) is 27.2 Å². The third-order valence-electron chi connectivity index (χ3n) is 1.54. The molecule has 0 atom stereocenters. The van der Waals surface area contributed by atoms with Crippen LogP contribution in [0.1, 0.15) is 0 Å². The number of allylic oxidation sites excluding steroid dienone is 1. The largest absolute Gasteiger partial charge is 0.431 e. The van der Waals surface area contributed by atoms with E-state index in [1.165, 1.54) is 0 Å². The summed E-state index contributed by atoms with van der Waals surface area (Å²) < 4.78 is 37.0. The van der Waals surface area contributed by atoms with E-state index in [1.807, 2.05) is 0 Å². The maximum Gasteiger partial charge on any atom is 0.431 e. The molecule has 0 saturated carbocycles. The Morgan fingerprint density at radius 3 is 1.93 bits per heavy atom. The van der Waals surface area contributed by atoms with Crippen LogP contribution >= 0.6 is 0 Å². The van der Waals surface area contributed by atoms with Gasteiger partial charge in [-0.2, -0.15) is 13.2 Å². The first kappa shape index (κ1) is 13.5. The lowest BCUT2D eigenvalue weighted by Crippen LogP contribution is -2.30. The fourth-order valence-electron chi connectivity index (χ4n) is 0.735. The zero-order chi connectivity index (χ0) is 12.2. The van der Waals surface area contributed by atoms with Crippen molar-refractivity contribution in [3.63, 3.8) is 0 Å². The van der Waals surface area contributed by atoms with Crippen LogP contribution < -0.4 is 0 Å². The molecular weight excluding hydrogens is 213 g/mol. The normalized spacial score (nSPS) is 12.3. The number of rotatable bonds is 3. The molecule has 0 aliphatic rings. The molecule has 0 rings (SSSR count). The second-order valence-electron chi connectivity index (χ2n) is 2.98. The number of likely N-dealkylation sites (N-methyl/N-ethyl adjacent to an activating group) is 1. The minimum atomic E-state index is -4.62. The standard InChI is InChI=1S/C8H11F3N2O2/c1-12(2)6(8(9,10)11)4-7(15)13(3)5-14/h4-5H,1-3H3/b6-4-. The Labute approximate surface area is 84.9 Å². The number of carbonyl (C=O) groups is 2. The number of nitrogens with zero attached hydrogens (tertiary/aromatic N) is 2. The summed E-state index contributed by atoms with van der Waals surface area (Å²) in [6.07, 6.45) is -4.11. The van der Waals surface area contributed by atoms with Crippen LogP contribution in [-0.2, 0) is 9.59 Å². The number of alkyl halides is 3. The van der Waals surface area contributed by atoms with E-state index in [4.69, 9.17) is 0 Å². The quantitative estimate of drug-likeness (QED) is 0.521. The first-order chi connectivity index (χ1) is 6.70. The van der Waals surface area contributed by atoms with Crippen LogP contribution in [0, 0.1) is 0 Å². The predicted molar refractivity (Wildman–Crippen MR) is 46.7 cm³/mol. The van der Waals surface area contributed by atoms with Gasteiger partial charge in [0.2, 0.25) is 6.41 Å². The number of carbonyl (C=O) groups excluding carboxylic acids is 2. The van der Waals surface area contributed by atoms with Crippen molar-refractivity contribution in [3.8, 4) is 0 Å². The Kier molecular flexibility index (Phi) is 4.32. The first-order valence-corrected chi connectivity index (χ1v) is 3.88. The highest BCUT2D eigenvalue weighted by Gasteiger charge is 2.36. The van der Waals surface area contributed by atoms with Gasteiger partial charge in [0.25, 0.3) is 5.91 Å². The molecule has 0 aliphatic heterocycles. The predicted octanol–water partition coefficient (Wildman–Crippen LogP) is 0.609.